The van der Waals surface area contributed by atoms with Gasteiger partial charge in [0.05, 0.1) is 23.5 Å². The first kappa shape index (κ1) is 20.3. The molecule has 0 radical (unpaired) electrons. The summed E-state index contributed by atoms with van der Waals surface area (Å²) in [7, 11) is 1.39. The van der Waals surface area contributed by atoms with E-state index in [0.29, 0.717) is 12.1 Å². The minimum absolute atomic E-state index is 0.195. The van der Waals surface area contributed by atoms with Crippen molar-refractivity contribution in [3.8, 4) is 5.69 Å². The number of aryl methyl sites for hydroxylation is 1. The molecule has 1 aromatic carbocycles. The number of hydrogen-bond acceptors (Lipinski definition) is 3. The molecule has 0 saturated carbocycles. The minimum Gasteiger partial charge on any atom is -0.352 e. The molecule has 0 spiro atoms. The van der Waals surface area contributed by atoms with Gasteiger partial charge in [0.25, 0.3) is 5.91 Å². The molecule has 0 unspecified atom stereocenters. The number of amides is 1. The lowest BCUT2D eigenvalue weighted by Gasteiger charge is -2.18. The summed E-state index contributed by atoms with van der Waals surface area (Å²) >= 11 is 6.30. The van der Waals surface area contributed by atoms with Crippen LogP contribution in [0.1, 0.15) is 22.5 Å². The van der Waals surface area contributed by atoms with Crippen LogP contribution >= 0.6 is 11.6 Å². The van der Waals surface area contributed by atoms with Crippen LogP contribution in [0.25, 0.3) is 5.69 Å². The Kier molecular flexibility index (Phi) is 6.66. The third kappa shape index (κ3) is 5.47. The Balaban J connectivity index is 1.93. The fourth-order valence-electron chi connectivity index (χ4n) is 2.52. The molecule has 2 rings (SSSR count). The smallest absolute Gasteiger partial charge is 0.352 e. The van der Waals surface area contributed by atoms with Crippen molar-refractivity contribution in [2.45, 2.75) is 19.5 Å². The molecular formula is C17H20ClF3N4O. The summed E-state index contributed by atoms with van der Waals surface area (Å²) in [6.07, 6.45) is -3.84. The largest absolute Gasteiger partial charge is 0.401 e. The number of carbonyl (C=O) groups is 1. The molecule has 0 aliphatic heterocycles. The highest BCUT2D eigenvalue weighted by Crippen LogP contribution is 2.23. The number of halogens is 4. The number of nitrogens with one attached hydrogen (secondary N) is 1. The lowest BCUT2D eigenvalue weighted by molar-refractivity contribution is -0.143. The van der Waals surface area contributed by atoms with Crippen LogP contribution < -0.4 is 5.32 Å². The van der Waals surface area contributed by atoms with Gasteiger partial charge in [-0.1, -0.05) is 29.8 Å². The van der Waals surface area contributed by atoms with E-state index in [1.165, 1.54) is 11.7 Å². The van der Waals surface area contributed by atoms with E-state index >= 15 is 0 Å². The highest BCUT2D eigenvalue weighted by molar-refractivity contribution is 6.33. The monoisotopic (exact) mass is 388 g/mol. The zero-order valence-electron chi connectivity index (χ0n) is 14.5. The van der Waals surface area contributed by atoms with Gasteiger partial charge in [0.1, 0.15) is 5.15 Å². The zero-order valence-corrected chi connectivity index (χ0v) is 15.2. The quantitative estimate of drug-likeness (QED) is 0.739. The molecule has 1 aromatic heterocycles. The van der Waals surface area contributed by atoms with Gasteiger partial charge in [-0.05, 0) is 39.1 Å². The molecule has 26 heavy (non-hydrogen) atoms. The lowest BCUT2D eigenvalue weighted by Crippen LogP contribution is -2.33. The average molecular weight is 389 g/mol. The average Bonchev–Trinajstić information content (AvgIpc) is 2.85. The van der Waals surface area contributed by atoms with E-state index in [1.54, 1.807) is 6.92 Å². The fraction of sp³-hybridized carbons (Fsp3) is 0.412. The number of rotatable bonds is 7. The van der Waals surface area contributed by atoms with Crippen molar-refractivity contribution >= 4 is 17.5 Å². The molecule has 0 atom stereocenters. The van der Waals surface area contributed by atoms with Crippen LogP contribution in [0.4, 0.5) is 13.2 Å². The molecule has 9 heteroatoms. The van der Waals surface area contributed by atoms with Crippen LogP contribution in [0.15, 0.2) is 30.3 Å². The SMILES string of the molecule is Cc1nn(-c2ccccc2)c(Cl)c1C(=O)NCCCN(C)CC(F)(F)F. The summed E-state index contributed by atoms with van der Waals surface area (Å²) in [5.41, 5.74) is 1.47. The number of para-hydroxylation sites is 1. The summed E-state index contributed by atoms with van der Waals surface area (Å²) in [5, 5.41) is 7.16. The fourth-order valence-corrected chi connectivity index (χ4v) is 2.88. The van der Waals surface area contributed by atoms with Gasteiger partial charge in [-0.15, -0.1) is 0 Å². The van der Waals surface area contributed by atoms with Gasteiger partial charge in [-0.3, -0.25) is 9.69 Å². The van der Waals surface area contributed by atoms with Crippen molar-refractivity contribution in [1.82, 2.24) is 20.0 Å². The van der Waals surface area contributed by atoms with Crippen molar-refractivity contribution < 1.29 is 18.0 Å². The van der Waals surface area contributed by atoms with Gasteiger partial charge < -0.3 is 5.32 Å². The second kappa shape index (κ2) is 8.55. The van der Waals surface area contributed by atoms with Crippen molar-refractivity contribution in [2.24, 2.45) is 0 Å². The third-order valence-electron chi connectivity index (χ3n) is 3.68. The number of nitrogens with zero attached hydrogens (tertiary/aromatic N) is 3. The summed E-state index contributed by atoms with van der Waals surface area (Å²) in [6.45, 7) is 1.16. The molecule has 0 aliphatic rings. The standard InChI is InChI=1S/C17H20ClF3N4O/c1-12-14(15(18)25(23-12)13-7-4-3-5-8-13)16(26)22-9-6-10-24(2)11-17(19,20)21/h3-5,7-8H,6,9-11H2,1-2H3,(H,22,26). The molecule has 1 amide bonds. The molecule has 1 heterocycles. The number of aromatic nitrogens is 2. The summed E-state index contributed by atoms with van der Waals surface area (Å²) in [5.74, 6) is -0.395. The van der Waals surface area contributed by atoms with Crippen LogP contribution in [-0.4, -0.2) is 53.4 Å². The van der Waals surface area contributed by atoms with Gasteiger partial charge in [-0.2, -0.15) is 18.3 Å². The van der Waals surface area contributed by atoms with Gasteiger partial charge >= 0.3 is 6.18 Å². The summed E-state index contributed by atoms with van der Waals surface area (Å²) in [4.78, 5) is 13.5. The maximum absolute atomic E-state index is 12.4. The van der Waals surface area contributed by atoms with Gasteiger partial charge in [0.15, 0.2) is 0 Å². The van der Waals surface area contributed by atoms with Gasteiger partial charge in [-0.25, -0.2) is 4.68 Å². The molecular weight excluding hydrogens is 369 g/mol. The first-order valence-corrected chi connectivity index (χ1v) is 8.41. The predicted octanol–water partition coefficient (Wildman–Crippen LogP) is 3.45. The Morgan fingerprint density at radius 3 is 2.58 bits per heavy atom. The van der Waals surface area contributed by atoms with Crippen molar-refractivity contribution in [3.05, 3.63) is 46.7 Å². The molecule has 0 bridgehead atoms. The minimum atomic E-state index is -4.23. The Labute approximate surface area is 154 Å². The highest BCUT2D eigenvalue weighted by atomic mass is 35.5. The van der Waals surface area contributed by atoms with Crippen molar-refractivity contribution in [3.63, 3.8) is 0 Å². The Hall–Kier alpha value is -2.06. The number of benzene rings is 1. The van der Waals surface area contributed by atoms with E-state index in [0.717, 1.165) is 10.6 Å². The Morgan fingerprint density at radius 2 is 1.96 bits per heavy atom. The van der Waals surface area contributed by atoms with Gasteiger partial charge in [0.2, 0.25) is 0 Å². The molecule has 0 saturated heterocycles. The lowest BCUT2D eigenvalue weighted by atomic mass is 10.2. The van der Waals surface area contributed by atoms with Crippen LogP contribution in [-0.2, 0) is 0 Å². The summed E-state index contributed by atoms with van der Waals surface area (Å²) in [6, 6.07) is 9.16. The zero-order chi connectivity index (χ0) is 19.3. The molecule has 142 valence electrons. The number of hydrogen-bond donors (Lipinski definition) is 1. The van der Waals surface area contributed by atoms with Crippen LogP contribution in [0.3, 0.4) is 0 Å². The number of carbonyl (C=O) groups excluding carboxylic acids is 1. The van der Waals surface area contributed by atoms with E-state index in [2.05, 4.69) is 10.4 Å². The molecule has 5 nitrogen and oxygen atoms in total. The molecule has 0 aliphatic carbocycles. The van der Waals surface area contributed by atoms with Crippen molar-refractivity contribution in [1.29, 1.82) is 0 Å². The molecule has 0 fully saturated rings. The van der Waals surface area contributed by atoms with E-state index in [4.69, 9.17) is 11.6 Å². The van der Waals surface area contributed by atoms with E-state index in [9.17, 15) is 18.0 Å². The number of alkyl halides is 3. The van der Waals surface area contributed by atoms with E-state index < -0.39 is 18.6 Å². The van der Waals surface area contributed by atoms with E-state index in [-0.39, 0.29) is 23.8 Å². The van der Waals surface area contributed by atoms with Crippen molar-refractivity contribution in [2.75, 3.05) is 26.7 Å². The molecule has 2 aromatic rings. The summed E-state index contributed by atoms with van der Waals surface area (Å²) < 4.78 is 38.3. The topological polar surface area (TPSA) is 50.2 Å². The van der Waals surface area contributed by atoms with Crippen LogP contribution in [0.5, 0.6) is 0 Å². The second-order valence-corrected chi connectivity index (χ2v) is 6.32. The first-order chi connectivity index (χ1) is 12.2. The maximum Gasteiger partial charge on any atom is 0.401 e. The first-order valence-electron chi connectivity index (χ1n) is 8.03. The third-order valence-corrected chi connectivity index (χ3v) is 4.03. The Bertz CT molecular complexity index is 746. The Morgan fingerprint density at radius 1 is 1.31 bits per heavy atom. The van der Waals surface area contributed by atoms with Crippen LogP contribution in [0.2, 0.25) is 5.15 Å². The second-order valence-electron chi connectivity index (χ2n) is 5.96. The highest BCUT2D eigenvalue weighted by Gasteiger charge is 2.28. The van der Waals surface area contributed by atoms with Crippen LogP contribution in [0, 0.1) is 6.92 Å². The normalized spacial score (nSPS) is 11.8. The van der Waals surface area contributed by atoms with Gasteiger partial charge in [0, 0.05) is 6.54 Å². The predicted molar refractivity (Wildman–Crippen MR) is 93.8 cm³/mol. The maximum atomic E-state index is 12.4. The van der Waals surface area contributed by atoms with E-state index in [1.807, 2.05) is 30.3 Å². The molecule has 1 N–H and O–H groups in total.